The number of fused-ring (bicyclic) bond motifs is 1. The first-order valence-corrected chi connectivity index (χ1v) is 14.1. The van der Waals surface area contributed by atoms with E-state index in [0.29, 0.717) is 39.2 Å². The van der Waals surface area contributed by atoms with Crippen LogP contribution >= 0.6 is 11.6 Å². The molecule has 12 nitrogen and oxygen atoms in total. The van der Waals surface area contributed by atoms with Gasteiger partial charge in [0.25, 0.3) is 5.91 Å². The number of anilines is 1. The highest BCUT2D eigenvalue weighted by molar-refractivity contribution is 7.93. The number of carbonyl (C=O) groups is 1. The summed E-state index contributed by atoms with van der Waals surface area (Å²) in [4.78, 5) is 21.1. The van der Waals surface area contributed by atoms with Crippen LogP contribution in [-0.2, 0) is 10.0 Å². The van der Waals surface area contributed by atoms with E-state index in [-0.39, 0.29) is 17.7 Å². The van der Waals surface area contributed by atoms with E-state index in [4.69, 9.17) is 21.1 Å². The molecule has 0 radical (unpaired) electrons. The number of amides is 1. The molecule has 14 heteroatoms. The summed E-state index contributed by atoms with van der Waals surface area (Å²) in [6, 6.07) is 11.5. The average molecular weight is 584 g/mol. The molecule has 3 heterocycles. The summed E-state index contributed by atoms with van der Waals surface area (Å²) < 4.78 is 42.6. The maximum atomic E-state index is 13.6. The lowest BCUT2D eigenvalue weighted by Crippen LogP contribution is -2.32. The van der Waals surface area contributed by atoms with E-state index >= 15 is 0 Å². The van der Waals surface area contributed by atoms with Crippen molar-refractivity contribution in [1.29, 1.82) is 0 Å². The van der Waals surface area contributed by atoms with Crippen LogP contribution < -0.4 is 19.5 Å². The number of hydrogen-bond donors (Lipinski definition) is 2. The maximum Gasteiger partial charge on any atom is 0.252 e. The number of rotatable bonds is 9. The number of benzene rings is 2. The molecule has 1 aliphatic rings. The highest BCUT2D eigenvalue weighted by Gasteiger charge is 2.37. The Kier molecular flexibility index (Phi) is 7.34. The first-order valence-electron chi connectivity index (χ1n) is 12.2. The number of aromatic nitrogens is 5. The van der Waals surface area contributed by atoms with Crippen molar-refractivity contribution in [1.82, 2.24) is 30.0 Å². The third kappa shape index (κ3) is 4.82. The monoisotopic (exact) mass is 583 g/mol. The minimum Gasteiger partial charge on any atom is -0.494 e. The van der Waals surface area contributed by atoms with Crippen molar-refractivity contribution in [2.75, 3.05) is 18.9 Å². The molecule has 0 saturated carbocycles. The minimum absolute atomic E-state index is 0.118. The fourth-order valence-electron chi connectivity index (χ4n) is 4.52. The summed E-state index contributed by atoms with van der Waals surface area (Å²) in [7, 11) is -1.12. The largest absolute Gasteiger partial charge is 0.494 e. The topological polar surface area (TPSA) is 150 Å². The zero-order valence-corrected chi connectivity index (χ0v) is 23.6. The SMILES string of the molecule is COc1cccc(OC)c1-n1c(NS(=O)(=O)C(C)C(C)c2ncc(Cl)cn2)nnc1[C@@H]1NC(=O)c2ccccc21. The maximum absolute atomic E-state index is 13.6. The third-order valence-electron chi connectivity index (χ3n) is 6.84. The molecule has 2 unspecified atom stereocenters. The Hall–Kier alpha value is -4.23. The zero-order valence-electron chi connectivity index (χ0n) is 22.0. The Labute approximate surface area is 235 Å². The quantitative estimate of drug-likeness (QED) is 0.302. The number of nitrogens with zero attached hydrogens (tertiary/aromatic N) is 5. The standard InChI is InChI=1S/C26H26ClN7O5S/c1-14(23-28-12-16(27)13-29-23)15(2)40(36,37)33-26-32-31-24(21-17-8-5-6-9-18(17)25(35)30-21)34(26)22-19(38-3)10-7-11-20(22)39-4/h5-15,21H,1-4H3,(H,30,35)(H,32,33)/t14?,15?,21-/m1/s1. The smallest absolute Gasteiger partial charge is 0.252 e. The molecule has 0 fully saturated rings. The van der Waals surface area contributed by atoms with Gasteiger partial charge in [-0.25, -0.2) is 18.4 Å². The number of sulfonamides is 1. The van der Waals surface area contributed by atoms with Crippen LogP contribution in [0.2, 0.25) is 5.02 Å². The second-order valence-electron chi connectivity index (χ2n) is 9.12. The van der Waals surface area contributed by atoms with Gasteiger partial charge >= 0.3 is 0 Å². The molecule has 4 aromatic rings. The van der Waals surface area contributed by atoms with E-state index in [1.54, 1.807) is 50.2 Å². The van der Waals surface area contributed by atoms with E-state index in [1.165, 1.54) is 31.2 Å². The highest BCUT2D eigenvalue weighted by Crippen LogP contribution is 2.39. The van der Waals surface area contributed by atoms with Crippen LogP contribution in [0.1, 0.15) is 53.4 Å². The Morgan fingerprint density at radius 3 is 2.30 bits per heavy atom. The first-order chi connectivity index (χ1) is 19.2. The molecular formula is C26H26ClN7O5S. The Balaban J connectivity index is 1.63. The molecule has 3 atom stereocenters. The van der Waals surface area contributed by atoms with Crippen LogP contribution in [0.4, 0.5) is 5.95 Å². The molecule has 2 aromatic heterocycles. The summed E-state index contributed by atoms with van der Waals surface area (Å²) >= 11 is 5.89. The van der Waals surface area contributed by atoms with Crippen molar-refractivity contribution >= 4 is 33.5 Å². The van der Waals surface area contributed by atoms with Gasteiger partial charge in [0.2, 0.25) is 16.0 Å². The molecule has 0 bridgehead atoms. The summed E-state index contributed by atoms with van der Waals surface area (Å²) in [6.07, 6.45) is 2.83. The van der Waals surface area contributed by atoms with Crippen LogP contribution in [0.3, 0.4) is 0 Å². The van der Waals surface area contributed by atoms with Crippen LogP contribution in [0.15, 0.2) is 54.9 Å². The number of methoxy groups -OCH3 is 2. The lowest BCUT2D eigenvalue weighted by Gasteiger charge is -2.22. The van der Waals surface area contributed by atoms with Gasteiger partial charge in [0.1, 0.15) is 29.1 Å². The summed E-state index contributed by atoms with van der Waals surface area (Å²) in [5.74, 6) is 0.320. The predicted molar refractivity (Wildman–Crippen MR) is 148 cm³/mol. The van der Waals surface area contributed by atoms with Gasteiger partial charge in [-0.1, -0.05) is 42.8 Å². The van der Waals surface area contributed by atoms with E-state index in [0.717, 1.165) is 0 Å². The number of ether oxygens (including phenoxy) is 2. The Bertz CT molecular complexity index is 1650. The van der Waals surface area contributed by atoms with Crippen molar-refractivity contribution in [2.24, 2.45) is 0 Å². The number of halogens is 1. The van der Waals surface area contributed by atoms with Crippen molar-refractivity contribution < 1.29 is 22.7 Å². The summed E-state index contributed by atoms with van der Waals surface area (Å²) in [5, 5.41) is 10.8. The fraction of sp³-hybridized carbons (Fsp3) is 0.269. The van der Waals surface area contributed by atoms with Crippen molar-refractivity contribution in [2.45, 2.75) is 31.1 Å². The molecule has 0 aliphatic carbocycles. The van der Waals surface area contributed by atoms with Crippen molar-refractivity contribution in [3.8, 4) is 17.2 Å². The van der Waals surface area contributed by atoms with Crippen molar-refractivity contribution in [3.05, 3.63) is 82.7 Å². The van der Waals surface area contributed by atoms with E-state index in [9.17, 15) is 13.2 Å². The van der Waals surface area contributed by atoms with Gasteiger partial charge in [-0.2, -0.15) is 0 Å². The lowest BCUT2D eigenvalue weighted by atomic mass is 10.0. The normalized spacial score (nSPS) is 16.1. The molecule has 2 N–H and O–H groups in total. The predicted octanol–water partition coefficient (Wildman–Crippen LogP) is 3.49. The van der Waals surface area contributed by atoms with E-state index in [1.807, 2.05) is 6.07 Å². The van der Waals surface area contributed by atoms with Gasteiger partial charge in [-0.05, 0) is 30.7 Å². The van der Waals surface area contributed by atoms with Crippen LogP contribution in [0.25, 0.3) is 5.69 Å². The lowest BCUT2D eigenvalue weighted by molar-refractivity contribution is 0.0959. The molecule has 1 aliphatic heterocycles. The number of nitrogens with one attached hydrogen (secondary N) is 2. The van der Waals surface area contributed by atoms with Crippen LogP contribution in [0, 0.1) is 0 Å². The van der Waals surface area contributed by atoms with Gasteiger partial charge < -0.3 is 14.8 Å². The van der Waals surface area contributed by atoms with E-state index in [2.05, 4.69) is 30.2 Å². The summed E-state index contributed by atoms with van der Waals surface area (Å²) in [6.45, 7) is 3.25. The number of carbonyl (C=O) groups excluding carboxylic acids is 1. The molecule has 2 aromatic carbocycles. The molecule has 1 amide bonds. The number of hydrogen-bond acceptors (Lipinski definition) is 9. The van der Waals surface area contributed by atoms with Gasteiger partial charge in [0, 0.05) is 23.9 Å². The van der Waals surface area contributed by atoms with Gasteiger partial charge in [-0.15, -0.1) is 10.2 Å². The molecule has 0 spiro atoms. The average Bonchev–Trinajstić information content (AvgIpc) is 3.51. The first kappa shape index (κ1) is 27.3. The van der Waals surface area contributed by atoms with Gasteiger partial charge in [-0.3, -0.25) is 14.1 Å². The van der Waals surface area contributed by atoms with Crippen LogP contribution in [0.5, 0.6) is 11.5 Å². The molecule has 5 rings (SSSR count). The second kappa shape index (κ2) is 10.7. The molecule has 0 saturated heterocycles. The zero-order chi connectivity index (χ0) is 28.6. The molecule has 208 valence electrons. The number of para-hydroxylation sites is 1. The van der Waals surface area contributed by atoms with Crippen molar-refractivity contribution in [3.63, 3.8) is 0 Å². The Morgan fingerprint density at radius 2 is 1.65 bits per heavy atom. The molecule has 40 heavy (non-hydrogen) atoms. The highest BCUT2D eigenvalue weighted by atomic mass is 35.5. The minimum atomic E-state index is -4.08. The van der Waals surface area contributed by atoms with Gasteiger partial charge in [0.15, 0.2) is 5.82 Å². The fourth-order valence-corrected chi connectivity index (χ4v) is 5.85. The van der Waals surface area contributed by atoms with Gasteiger partial charge in [0.05, 0.1) is 24.5 Å². The van der Waals surface area contributed by atoms with Crippen LogP contribution in [-0.4, -0.2) is 58.5 Å². The summed E-state index contributed by atoms with van der Waals surface area (Å²) in [5.41, 5.74) is 1.51. The third-order valence-corrected chi connectivity index (χ3v) is 8.89. The Morgan fingerprint density at radius 1 is 1.00 bits per heavy atom. The second-order valence-corrected chi connectivity index (χ2v) is 11.6. The van der Waals surface area contributed by atoms with E-state index < -0.39 is 27.2 Å². The molecular weight excluding hydrogens is 558 g/mol.